The summed E-state index contributed by atoms with van der Waals surface area (Å²) in [5.41, 5.74) is 0.842. The number of benzene rings is 1. The predicted octanol–water partition coefficient (Wildman–Crippen LogP) is 1.88. The number of carbonyl (C=O) groups excluding carboxylic acids is 2. The molecular formula is C20H28N4O5. The molecule has 158 valence electrons. The summed E-state index contributed by atoms with van der Waals surface area (Å²) in [7, 11) is 0. The number of likely N-dealkylation sites (tertiary alicyclic amines) is 1. The molecular weight excluding hydrogens is 376 g/mol. The number of hydrogen-bond acceptors (Lipinski definition) is 6. The maximum Gasteiger partial charge on any atom is 0.269 e. The van der Waals surface area contributed by atoms with Crippen LogP contribution in [0.2, 0.25) is 0 Å². The van der Waals surface area contributed by atoms with Crippen molar-refractivity contribution in [1.82, 2.24) is 9.80 Å². The van der Waals surface area contributed by atoms with Crippen LogP contribution in [-0.4, -0.2) is 72.5 Å². The molecule has 1 atom stereocenters. The van der Waals surface area contributed by atoms with E-state index in [0.717, 1.165) is 18.5 Å². The minimum absolute atomic E-state index is 0.0528. The quantitative estimate of drug-likeness (QED) is 0.423. The third-order valence-corrected chi connectivity index (χ3v) is 5.42. The molecule has 0 radical (unpaired) electrons. The zero-order valence-corrected chi connectivity index (χ0v) is 16.5. The average Bonchev–Trinajstić information content (AvgIpc) is 2.77. The summed E-state index contributed by atoms with van der Waals surface area (Å²) < 4.78 is 5.31. The Morgan fingerprint density at radius 2 is 1.86 bits per heavy atom. The molecule has 2 aliphatic heterocycles. The summed E-state index contributed by atoms with van der Waals surface area (Å²) in [6.07, 6.45) is 2.77. The largest absolute Gasteiger partial charge is 0.385 e. The number of carbonyl (C=O) groups is 2. The van der Waals surface area contributed by atoms with Crippen molar-refractivity contribution in [1.29, 1.82) is 0 Å². The molecule has 9 heteroatoms. The van der Waals surface area contributed by atoms with E-state index in [1.54, 1.807) is 12.1 Å². The number of hydrogen-bond donors (Lipinski definition) is 1. The van der Waals surface area contributed by atoms with Gasteiger partial charge in [-0.05, 0) is 31.4 Å². The highest BCUT2D eigenvalue weighted by molar-refractivity contribution is 5.81. The lowest BCUT2D eigenvalue weighted by Crippen LogP contribution is -2.49. The average molecular weight is 404 g/mol. The number of amides is 2. The number of nitrogens with zero attached hydrogens (tertiary/aromatic N) is 3. The van der Waals surface area contributed by atoms with Gasteiger partial charge in [0.2, 0.25) is 11.8 Å². The van der Waals surface area contributed by atoms with E-state index in [1.165, 1.54) is 12.1 Å². The van der Waals surface area contributed by atoms with Crippen molar-refractivity contribution in [3.63, 3.8) is 0 Å². The van der Waals surface area contributed by atoms with Gasteiger partial charge >= 0.3 is 0 Å². The first-order chi connectivity index (χ1) is 14.0. The van der Waals surface area contributed by atoms with Crippen LogP contribution in [0.25, 0.3) is 0 Å². The highest BCUT2D eigenvalue weighted by Gasteiger charge is 2.31. The fourth-order valence-electron chi connectivity index (χ4n) is 3.78. The lowest BCUT2D eigenvalue weighted by molar-refractivity contribution is -0.384. The maximum absolute atomic E-state index is 12.7. The van der Waals surface area contributed by atoms with Crippen LogP contribution in [-0.2, 0) is 14.3 Å². The molecule has 0 bridgehead atoms. The third-order valence-electron chi connectivity index (χ3n) is 5.42. The second kappa shape index (κ2) is 10.2. The first-order valence-corrected chi connectivity index (χ1v) is 10.2. The number of nitro groups is 1. The maximum atomic E-state index is 12.7. The normalized spacial score (nSPS) is 19.7. The lowest BCUT2D eigenvalue weighted by Gasteiger charge is -2.36. The minimum Gasteiger partial charge on any atom is -0.385 e. The molecule has 2 heterocycles. The smallest absolute Gasteiger partial charge is 0.269 e. The Kier molecular flexibility index (Phi) is 7.40. The molecule has 0 aliphatic carbocycles. The van der Waals surface area contributed by atoms with Crippen molar-refractivity contribution in [2.45, 2.75) is 25.7 Å². The molecule has 0 spiro atoms. The van der Waals surface area contributed by atoms with Gasteiger partial charge in [-0.1, -0.05) is 0 Å². The van der Waals surface area contributed by atoms with Gasteiger partial charge in [0.05, 0.1) is 24.1 Å². The molecule has 2 saturated heterocycles. The number of anilines is 1. The summed E-state index contributed by atoms with van der Waals surface area (Å²) in [6, 6.07) is 6.22. The van der Waals surface area contributed by atoms with Crippen molar-refractivity contribution >= 4 is 23.2 Å². The van der Waals surface area contributed by atoms with E-state index in [4.69, 9.17) is 4.74 Å². The molecule has 1 aromatic carbocycles. The van der Waals surface area contributed by atoms with Gasteiger partial charge in [-0.15, -0.1) is 0 Å². The highest BCUT2D eigenvalue weighted by atomic mass is 16.6. The van der Waals surface area contributed by atoms with E-state index in [9.17, 15) is 19.7 Å². The van der Waals surface area contributed by atoms with Crippen LogP contribution < -0.4 is 5.32 Å². The summed E-state index contributed by atoms with van der Waals surface area (Å²) in [5, 5.41) is 13.8. The molecule has 29 heavy (non-hydrogen) atoms. The number of nitrogens with one attached hydrogen (secondary N) is 1. The zero-order chi connectivity index (χ0) is 20.6. The Hall–Kier alpha value is -2.68. The van der Waals surface area contributed by atoms with E-state index in [-0.39, 0.29) is 23.4 Å². The van der Waals surface area contributed by atoms with E-state index in [2.05, 4.69) is 5.32 Å². The van der Waals surface area contributed by atoms with Gasteiger partial charge in [-0.3, -0.25) is 19.7 Å². The summed E-state index contributed by atoms with van der Waals surface area (Å²) in [4.78, 5) is 39.1. The molecule has 3 rings (SSSR count). The van der Waals surface area contributed by atoms with Crippen LogP contribution in [0.3, 0.4) is 0 Å². The first-order valence-electron chi connectivity index (χ1n) is 10.2. The Bertz CT molecular complexity index is 718. The van der Waals surface area contributed by atoms with Crippen LogP contribution in [0.15, 0.2) is 24.3 Å². The van der Waals surface area contributed by atoms with Crippen molar-refractivity contribution in [3.8, 4) is 0 Å². The van der Waals surface area contributed by atoms with E-state index >= 15 is 0 Å². The van der Waals surface area contributed by atoms with Crippen molar-refractivity contribution in [3.05, 3.63) is 34.4 Å². The standard InChI is InChI=1S/C20H28N4O5/c25-19(4-1-9-21-17-5-7-18(8-6-17)24(27)28)23-10-2-3-16(15-23)20(26)22-11-13-29-14-12-22/h5-8,16,21H,1-4,9-15H2. The summed E-state index contributed by atoms with van der Waals surface area (Å²) >= 11 is 0. The number of nitro benzene ring substituents is 1. The van der Waals surface area contributed by atoms with E-state index in [1.807, 2.05) is 9.80 Å². The minimum atomic E-state index is -0.432. The fourth-order valence-corrected chi connectivity index (χ4v) is 3.78. The fraction of sp³-hybridized carbons (Fsp3) is 0.600. The Labute approximate surface area is 170 Å². The van der Waals surface area contributed by atoms with Gasteiger partial charge in [0.25, 0.3) is 5.69 Å². The van der Waals surface area contributed by atoms with Crippen molar-refractivity contribution in [2.24, 2.45) is 5.92 Å². The molecule has 1 N–H and O–H groups in total. The summed E-state index contributed by atoms with van der Waals surface area (Å²) in [6.45, 7) is 4.26. The van der Waals surface area contributed by atoms with Gasteiger partial charge in [0, 0.05) is 57.0 Å². The highest BCUT2D eigenvalue weighted by Crippen LogP contribution is 2.21. The number of rotatable bonds is 7. The summed E-state index contributed by atoms with van der Waals surface area (Å²) in [5.74, 6) is 0.115. The molecule has 0 aromatic heterocycles. The molecule has 2 aliphatic rings. The van der Waals surface area contributed by atoms with Crippen molar-refractivity contribution < 1.29 is 19.2 Å². The zero-order valence-electron chi connectivity index (χ0n) is 16.5. The predicted molar refractivity (Wildman–Crippen MR) is 108 cm³/mol. The van der Waals surface area contributed by atoms with Gasteiger partial charge < -0.3 is 19.9 Å². The third kappa shape index (κ3) is 5.90. The van der Waals surface area contributed by atoms with Gasteiger partial charge in [-0.2, -0.15) is 0 Å². The van der Waals surface area contributed by atoms with Crippen LogP contribution in [0.5, 0.6) is 0 Å². The topological polar surface area (TPSA) is 105 Å². The molecule has 2 amide bonds. The lowest BCUT2D eigenvalue weighted by atomic mass is 9.96. The molecule has 1 aromatic rings. The van der Waals surface area contributed by atoms with E-state index in [0.29, 0.717) is 58.8 Å². The van der Waals surface area contributed by atoms with E-state index < -0.39 is 4.92 Å². The molecule has 9 nitrogen and oxygen atoms in total. The number of ether oxygens (including phenoxy) is 1. The Morgan fingerprint density at radius 3 is 2.55 bits per heavy atom. The van der Waals surface area contributed by atoms with Crippen LogP contribution in [0.4, 0.5) is 11.4 Å². The van der Waals surface area contributed by atoms with Crippen LogP contribution in [0.1, 0.15) is 25.7 Å². The number of non-ortho nitro benzene ring substituents is 1. The van der Waals surface area contributed by atoms with Crippen LogP contribution in [0, 0.1) is 16.0 Å². The molecule has 1 unspecified atom stereocenters. The van der Waals surface area contributed by atoms with Gasteiger partial charge in [-0.25, -0.2) is 0 Å². The molecule has 2 fully saturated rings. The first kappa shape index (κ1) is 21.0. The number of morpholine rings is 1. The van der Waals surface area contributed by atoms with Gasteiger partial charge in [0.15, 0.2) is 0 Å². The second-order valence-electron chi connectivity index (χ2n) is 7.45. The van der Waals surface area contributed by atoms with Crippen LogP contribution >= 0.6 is 0 Å². The van der Waals surface area contributed by atoms with Crippen molar-refractivity contribution in [2.75, 3.05) is 51.3 Å². The Morgan fingerprint density at radius 1 is 1.14 bits per heavy atom. The molecule has 0 saturated carbocycles. The monoisotopic (exact) mass is 404 g/mol. The Balaban J connectivity index is 1.39. The van der Waals surface area contributed by atoms with Gasteiger partial charge in [0.1, 0.15) is 0 Å². The SMILES string of the molecule is O=C(CCCNc1ccc([N+](=O)[O-])cc1)N1CCCC(C(=O)N2CCOCC2)C1. The number of piperidine rings is 1. The second-order valence-corrected chi connectivity index (χ2v) is 7.45.